The van der Waals surface area contributed by atoms with Crippen molar-refractivity contribution in [1.82, 2.24) is 0 Å². The number of hydrogen-bond acceptors (Lipinski definition) is 4. The molecule has 1 rings (SSSR count). The molecule has 1 aromatic rings. The lowest BCUT2D eigenvalue weighted by Crippen LogP contribution is -2.14. The number of nitrogen functional groups attached to an aromatic ring is 1. The third-order valence-electron chi connectivity index (χ3n) is 1.69. The summed E-state index contributed by atoms with van der Waals surface area (Å²) >= 11 is 4.23. The lowest BCUT2D eigenvalue weighted by atomic mass is 10.3. The van der Waals surface area contributed by atoms with Gasteiger partial charge in [-0.2, -0.15) is 0 Å². The zero-order valence-electron chi connectivity index (χ0n) is 7.78. The van der Waals surface area contributed by atoms with Crippen LogP contribution in [0.15, 0.2) is 21.5 Å². The van der Waals surface area contributed by atoms with Crippen LogP contribution in [0.5, 0.6) is 0 Å². The van der Waals surface area contributed by atoms with E-state index in [1.54, 1.807) is 0 Å². The molecule has 3 nitrogen and oxygen atoms in total. The van der Waals surface area contributed by atoms with Gasteiger partial charge in [-0.1, -0.05) is 0 Å². The van der Waals surface area contributed by atoms with Crippen molar-refractivity contribution in [2.45, 2.75) is 11.0 Å². The van der Waals surface area contributed by atoms with Gasteiger partial charge in [-0.05, 0) is 28.1 Å². The Kier molecular flexibility index (Phi) is 4.85. The molecule has 4 N–H and O–H groups in total. The summed E-state index contributed by atoms with van der Waals surface area (Å²) in [4.78, 5) is 0.559. The number of aliphatic hydroxyl groups is 2. The second-order valence-electron chi connectivity index (χ2n) is 2.95. The Morgan fingerprint density at radius 1 is 1.53 bits per heavy atom. The van der Waals surface area contributed by atoms with Gasteiger partial charge in [-0.3, -0.25) is 0 Å². The average molecular weight is 296 g/mol. The highest BCUT2D eigenvalue weighted by Gasteiger charge is 2.09. The highest BCUT2D eigenvalue weighted by Crippen LogP contribution is 2.30. The standard InChI is InChI=1S/C9H11BrFNO2S/c10-6-1-8(12)9(2-7(6)11)15-4-5(14)3-13/h1-2,5,13-14H,3-4,12H2. The molecular weight excluding hydrogens is 285 g/mol. The van der Waals surface area contributed by atoms with Gasteiger partial charge in [-0.15, -0.1) is 11.8 Å². The maximum Gasteiger partial charge on any atom is 0.138 e. The molecule has 0 aromatic heterocycles. The molecule has 1 unspecified atom stereocenters. The predicted molar refractivity (Wildman–Crippen MR) is 62.3 cm³/mol. The van der Waals surface area contributed by atoms with Crippen LogP contribution in [0.2, 0.25) is 0 Å². The molecule has 15 heavy (non-hydrogen) atoms. The van der Waals surface area contributed by atoms with E-state index in [1.807, 2.05) is 0 Å². The van der Waals surface area contributed by atoms with Crippen LogP contribution < -0.4 is 5.73 Å². The predicted octanol–water partition coefficient (Wildman–Crippen LogP) is 1.62. The number of benzene rings is 1. The fourth-order valence-electron chi connectivity index (χ4n) is 0.908. The minimum atomic E-state index is -0.818. The molecule has 0 aliphatic heterocycles. The molecule has 1 atom stereocenters. The SMILES string of the molecule is Nc1cc(Br)c(F)cc1SCC(O)CO. The first-order valence-corrected chi connectivity index (χ1v) is 5.98. The van der Waals surface area contributed by atoms with Gasteiger partial charge in [0.05, 0.1) is 17.2 Å². The summed E-state index contributed by atoms with van der Waals surface area (Å²) in [6, 6.07) is 2.77. The molecule has 0 spiro atoms. The van der Waals surface area contributed by atoms with Crippen LogP contribution in [-0.4, -0.2) is 28.7 Å². The summed E-state index contributed by atoms with van der Waals surface area (Å²) in [5.74, 6) is -0.118. The normalized spacial score (nSPS) is 12.8. The summed E-state index contributed by atoms with van der Waals surface area (Å²) in [5, 5.41) is 17.7. The first kappa shape index (κ1) is 12.8. The van der Waals surface area contributed by atoms with Gasteiger partial charge < -0.3 is 15.9 Å². The highest BCUT2D eigenvalue weighted by atomic mass is 79.9. The molecule has 0 bridgehead atoms. The number of nitrogens with two attached hydrogens (primary N) is 1. The number of rotatable bonds is 4. The summed E-state index contributed by atoms with van der Waals surface area (Å²) in [7, 11) is 0. The van der Waals surface area contributed by atoms with E-state index in [4.69, 9.17) is 15.9 Å². The molecule has 84 valence electrons. The summed E-state index contributed by atoms with van der Waals surface area (Å²) in [6.45, 7) is -0.314. The molecule has 0 saturated carbocycles. The van der Waals surface area contributed by atoms with Crippen molar-refractivity contribution in [3.63, 3.8) is 0 Å². The zero-order chi connectivity index (χ0) is 11.4. The fraction of sp³-hybridized carbons (Fsp3) is 0.333. The van der Waals surface area contributed by atoms with E-state index in [9.17, 15) is 4.39 Å². The van der Waals surface area contributed by atoms with Gasteiger partial charge in [-0.25, -0.2) is 4.39 Å². The van der Waals surface area contributed by atoms with Crippen LogP contribution in [0.4, 0.5) is 10.1 Å². The summed E-state index contributed by atoms with van der Waals surface area (Å²) in [5.41, 5.74) is 6.10. The molecule has 1 aromatic carbocycles. The number of aliphatic hydroxyl groups excluding tert-OH is 2. The van der Waals surface area contributed by atoms with Crippen molar-refractivity contribution in [2.24, 2.45) is 0 Å². The van der Waals surface area contributed by atoms with E-state index in [0.717, 1.165) is 0 Å². The molecule has 0 aliphatic rings. The van der Waals surface area contributed by atoms with Gasteiger partial charge in [0.1, 0.15) is 5.82 Å². The van der Waals surface area contributed by atoms with E-state index in [1.165, 1.54) is 23.9 Å². The number of anilines is 1. The van der Waals surface area contributed by atoms with Gasteiger partial charge in [0.25, 0.3) is 0 Å². The highest BCUT2D eigenvalue weighted by molar-refractivity contribution is 9.10. The molecular formula is C9H11BrFNO2S. The molecule has 0 aliphatic carbocycles. The van der Waals surface area contributed by atoms with Gasteiger partial charge in [0, 0.05) is 16.3 Å². The van der Waals surface area contributed by atoms with E-state index in [0.29, 0.717) is 15.1 Å². The Bertz CT molecular complexity index is 351. The Labute approximate surface area is 99.6 Å². The van der Waals surface area contributed by atoms with Crippen molar-refractivity contribution in [3.05, 3.63) is 22.4 Å². The first-order valence-electron chi connectivity index (χ1n) is 4.21. The van der Waals surface area contributed by atoms with Gasteiger partial charge in [0.2, 0.25) is 0 Å². The molecule has 0 fully saturated rings. The smallest absolute Gasteiger partial charge is 0.138 e. The average Bonchev–Trinajstić information content (AvgIpc) is 2.21. The summed E-state index contributed by atoms with van der Waals surface area (Å²) < 4.78 is 13.4. The third-order valence-corrected chi connectivity index (χ3v) is 3.52. The second-order valence-corrected chi connectivity index (χ2v) is 4.87. The zero-order valence-corrected chi connectivity index (χ0v) is 10.2. The minimum Gasteiger partial charge on any atom is -0.398 e. The van der Waals surface area contributed by atoms with Crippen molar-refractivity contribution >= 4 is 33.4 Å². The van der Waals surface area contributed by atoms with Crippen molar-refractivity contribution in [1.29, 1.82) is 0 Å². The van der Waals surface area contributed by atoms with E-state index in [2.05, 4.69) is 15.9 Å². The first-order chi connectivity index (χ1) is 7.04. The Balaban J connectivity index is 2.73. The maximum atomic E-state index is 13.1. The Morgan fingerprint density at radius 2 is 2.20 bits per heavy atom. The third kappa shape index (κ3) is 3.64. The molecule has 0 heterocycles. The Morgan fingerprint density at radius 3 is 2.80 bits per heavy atom. The maximum absolute atomic E-state index is 13.1. The lowest BCUT2D eigenvalue weighted by Gasteiger charge is -2.09. The van der Waals surface area contributed by atoms with Crippen LogP contribution in [0.3, 0.4) is 0 Å². The lowest BCUT2D eigenvalue weighted by molar-refractivity contribution is 0.113. The number of halogens is 2. The molecule has 0 saturated heterocycles. The van der Waals surface area contributed by atoms with E-state index >= 15 is 0 Å². The monoisotopic (exact) mass is 295 g/mol. The molecule has 0 amide bonds. The van der Waals surface area contributed by atoms with Gasteiger partial charge >= 0.3 is 0 Å². The van der Waals surface area contributed by atoms with Crippen LogP contribution in [0.25, 0.3) is 0 Å². The van der Waals surface area contributed by atoms with Crippen LogP contribution in [0.1, 0.15) is 0 Å². The van der Waals surface area contributed by atoms with Crippen molar-refractivity contribution in [2.75, 3.05) is 18.1 Å². The van der Waals surface area contributed by atoms with Crippen LogP contribution in [-0.2, 0) is 0 Å². The van der Waals surface area contributed by atoms with Crippen molar-refractivity contribution in [3.8, 4) is 0 Å². The number of thioether (sulfide) groups is 1. The number of hydrogen-bond donors (Lipinski definition) is 3. The Hall–Kier alpha value is -0.300. The van der Waals surface area contributed by atoms with Crippen LogP contribution >= 0.6 is 27.7 Å². The largest absolute Gasteiger partial charge is 0.398 e. The van der Waals surface area contributed by atoms with E-state index < -0.39 is 11.9 Å². The molecule has 0 radical (unpaired) electrons. The van der Waals surface area contributed by atoms with E-state index in [-0.39, 0.29) is 12.4 Å². The quantitative estimate of drug-likeness (QED) is 0.583. The summed E-state index contributed by atoms with van der Waals surface area (Å²) in [6.07, 6.45) is -0.818. The second kappa shape index (κ2) is 5.69. The molecule has 6 heteroatoms. The minimum absolute atomic E-state index is 0.280. The van der Waals surface area contributed by atoms with Crippen molar-refractivity contribution < 1.29 is 14.6 Å². The topological polar surface area (TPSA) is 66.5 Å². The van der Waals surface area contributed by atoms with Crippen LogP contribution in [0, 0.1) is 5.82 Å². The van der Waals surface area contributed by atoms with Gasteiger partial charge in [0.15, 0.2) is 0 Å². The fourth-order valence-corrected chi connectivity index (χ4v) is 2.16.